The Morgan fingerprint density at radius 2 is 2.14 bits per heavy atom. The Bertz CT molecular complexity index is 275. The molecule has 1 atom stereocenters. The molecule has 1 saturated heterocycles. The van der Waals surface area contributed by atoms with Gasteiger partial charge in [-0.15, -0.1) is 0 Å². The number of hydrogen-bond donors (Lipinski definition) is 1. The van der Waals surface area contributed by atoms with Crippen molar-refractivity contribution in [1.29, 1.82) is 0 Å². The molecule has 1 aliphatic heterocycles. The second-order valence-corrected chi connectivity index (χ2v) is 6.65. The van der Waals surface area contributed by atoms with Gasteiger partial charge in [0.2, 0.25) is 0 Å². The van der Waals surface area contributed by atoms with E-state index in [4.69, 9.17) is 0 Å². The van der Waals surface area contributed by atoms with E-state index < -0.39 is 9.84 Å². The van der Waals surface area contributed by atoms with Crippen LogP contribution in [-0.4, -0.2) is 37.1 Å². The van der Waals surface area contributed by atoms with Crippen LogP contribution in [0.25, 0.3) is 0 Å². The van der Waals surface area contributed by atoms with Gasteiger partial charge in [0.1, 0.15) is 5.37 Å². The molecule has 0 radical (unpaired) electrons. The van der Waals surface area contributed by atoms with Gasteiger partial charge in [0.15, 0.2) is 9.84 Å². The standard InChI is InChI=1S/C9H20N2O2S/c1-4-7-11-9(5-6-10-11)14(12,13)8(2)3/h8-10H,4-7H2,1-3H3. The average Bonchev–Trinajstić information content (AvgIpc) is 2.53. The number of sulfone groups is 1. The highest BCUT2D eigenvalue weighted by Crippen LogP contribution is 2.19. The van der Waals surface area contributed by atoms with Crippen LogP contribution in [0.1, 0.15) is 33.6 Å². The number of hydrogen-bond acceptors (Lipinski definition) is 4. The fourth-order valence-corrected chi connectivity index (χ4v) is 3.32. The van der Waals surface area contributed by atoms with E-state index in [0.29, 0.717) is 6.42 Å². The molecule has 5 heteroatoms. The number of nitrogens with one attached hydrogen (secondary N) is 1. The molecule has 1 fully saturated rings. The van der Waals surface area contributed by atoms with Gasteiger partial charge in [-0.1, -0.05) is 6.92 Å². The third-order valence-electron chi connectivity index (χ3n) is 2.55. The van der Waals surface area contributed by atoms with Gasteiger partial charge in [-0.2, -0.15) is 0 Å². The molecule has 0 bridgehead atoms. The summed E-state index contributed by atoms with van der Waals surface area (Å²) in [6.07, 6.45) is 1.68. The zero-order valence-corrected chi connectivity index (χ0v) is 9.97. The first-order chi connectivity index (χ1) is 6.50. The van der Waals surface area contributed by atoms with Crippen LogP contribution in [0.15, 0.2) is 0 Å². The van der Waals surface area contributed by atoms with Crippen LogP contribution in [-0.2, 0) is 9.84 Å². The van der Waals surface area contributed by atoms with E-state index in [2.05, 4.69) is 12.3 Å². The van der Waals surface area contributed by atoms with Gasteiger partial charge in [0.05, 0.1) is 5.25 Å². The summed E-state index contributed by atoms with van der Waals surface area (Å²) in [7, 11) is -2.98. The van der Waals surface area contributed by atoms with E-state index in [0.717, 1.165) is 19.5 Å². The lowest BCUT2D eigenvalue weighted by molar-refractivity contribution is 0.229. The minimum atomic E-state index is -2.98. The average molecular weight is 220 g/mol. The number of hydrazine groups is 1. The third-order valence-corrected chi connectivity index (χ3v) is 5.12. The van der Waals surface area contributed by atoms with Crippen molar-refractivity contribution in [2.24, 2.45) is 0 Å². The van der Waals surface area contributed by atoms with Crippen LogP contribution in [0.5, 0.6) is 0 Å². The SMILES string of the molecule is CCCN1NCCC1S(=O)(=O)C(C)C. The number of nitrogens with zero attached hydrogens (tertiary/aromatic N) is 1. The Labute approximate surface area is 86.6 Å². The maximum absolute atomic E-state index is 11.9. The second-order valence-electron chi connectivity index (χ2n) is 3.98. The molecule has 14 heavy (non-hydrogen) atoms. The Morgan fingerprint density at radius 3 is 2.64 bits per heavy atom. The lowest BCUT2D eigenvalue weighted by Gasteiger charge is -2.24. The van der Waals surface area contributed by atoms with Crippen LogP contribution < -0.4 is 5.43 Å². The Kier molecular flexibility index (Phi) is 3.92. The first kappa shape index (κ1) is 11.9. The monoisotopic (exact) mass is 220 g/mol. The van der Waals surface area contributed by atoms with Crippen molar-refractivity contribution < 1.29 is 8.42 Å². The van der Waals surface area contributed by atoms with Gasteiger partial charge in [0.25, 0.3) is 0 Å². The quantitative estimate of drug-likeness (QED) is 0.760. The molecular formula is C9H20N2O2S. The van der Waals surface area contributed by atoms with Crippen LogP contribution in [0.3, 0.4) is 0 Å². The topological polar surface area (TPSA) is 49.4 Å². The summed E-state index contributed by atoms with van der Waals surface area (Å²) in [5.74, 6) is 0. The van der Waals surface area contributed by atoms with Crippen molar-refractivity contribution in [3.8, 4) is 0 Å². The molecule has 0 aromatic carbocycles. The molecule has 0 aromatic rings. The molecule has 0 saturated carbocycles. The molecule has 0 aliphatic carbocycles. The molecular weight excluding hydrogens is 200 g/mol. The summed E-state index contributed by atoms with van der Waals surface area (Å²) in [6, 6.07) is 0. The third kappa shape index (κ3) is 2.27. The van der Waals surface area contributed by atoms with Crippen LogP contribution in [0.2, 0.25) is 0 Å². The van der Waals surface area contributed by atoms with Crippen LogP contribution >= 0.6 is 0 Å². The first-order valence-electron chi connectivity index (χ1n) is 5.23. The van der Waals surface area contributed by atoms with Gasteiger partial charge in [-0.05, 0) is 26.7 Å². The van der Waals surface area contributed by atoms with Crippen molar-refractivity contribution in [2.45, 2.75) is 44.2 Å². The minimum absolute atomic E-state index is 0.285. The lowest BCUT2D eigenvalue weighted by atomic mass is 10.4. The smallest absolute Gasteiger partial charge is 0.169 e. The minimum Gasteiger partial charge on any atom is -0.254 e. The van der Waals surface area contributed by atoms with E-state index in [9.17, 15) is 8.42 Å². The van der Waals surface area contributed by atoms with E-state index >= 15 is 0 Å². The highest BCUT2D eigenvalue weighted by molar-refractivity contribution is 7.92. The Morgan fingerprint density at radius 1 is 1.50 bits per heavy atom. The maximum Gasteiger partial charge on any atom is 0.169 e. The van der Waals surface area contributed by atoms with E-state index in [1.165, 1.54) is 0 Å². The summed E-state index contributed by atoms with van der Waals surface area (Å²) >= 11 is 0. The zero-order chi connectivity index (χ0) is 10.8. The van der Waals surface area contributed by atoms with Gasteiger partial charge < -0.3 is 0 Å². The summed E-state index contributed by atoms with van der Waals surface area (Å²) in [5, 5.41) is 1.27. The Balaban J connectivity index is 2.76. The predicted octanol–water partition coefficient (Wildman–Crippen LogP) is 0.756. The van der Waals surface area contributed by atoms with E-state index in [-0.39, 0.29) is 10.6 Å². The van der Waals surface area contributed by atoms with Gasteiger partial charge in [0, 0.05) is 13.1 Å². The molecule has 1 heterocycles. The molecule has 84 valence electrons. The first-order valence-corrected chi connectivity index (χ1v) is 6.84. The lowest BCUT2D eigenvalue weighted by Crippen LogP contribution is -2.44. The van der Waals surface area contributed by atoms with Crippen molar-refractivity contribution in [3.63, 3.8) is 0 Å². The molecule has 1 rings (SSSR count). The van der Waals surface area contributed by atoms with Gasteiger partial charge in [-0.3, -0.25) is 5.43 Å². The van der Waals surface area contributed by atoms with E-state index in [1.54, 1.807) is 13.8 Å². The number of rotatable bonds is 4. The molecule has 1 unspecified atom stereocenters. The van der Waals surface area contributed by atoms with Gasteiger partial charge >= 0.3 is 0 Å². The summed E-state index contributed by atoms with van der Waals surface area (Å²) in [5.41, 5.74) is 3.12. The molecule has 0 spiro atoms. The normalized spacial score (nSPS) is 24.7. The fourth-order valence-electron chi connectivity index (χ4n) is 1.71. The summed E-state index contributed by atoms with van der Waals surface area (Å²) in [6.45, 7) is 7.13. The van der Waals surface area contributed by atoms with Crippen molar-refractivity contribution in [3.05, 3.63) is 0 Å². The summed E-state index contributed by atoms with van der Waals surface area (Å²) < 4.78 is 23.9. The summed E-state index contributed by atoms with van der Waals surface area (Å²) in [4.78, 5) is 0. The predicted molar refractivity (Wildman–Crippen MR) is 57.5 cm³/mol. The van der Waals surface area contributed by atoms with Crippen molar-refractivity contribution in [2.75, 3.05) is 13.1 Å². The largest absolute Gasteiger partial charge is 0.254 e. The fraction of sp³-hybridized carbons (Fsp3) is 1.00. The molecule has 1 aliphatic rings. The van der Waals surface area contributed by atoms with Gasteiger partial charge in [-0.25, -0.2) is 13.4 Å². The Hall–Kier alpha value is -0.130. The highest BCUT2D eigenvalue weighted by Gasteiger charge is 2.36. The van der Waals surface area contributed by atoms with Crippen molar-refractivity contribution >= 4 is 9.84 Å². The molecule has 0 aromatic heterocycles. The second kappa shape index (κ2) is 4.59. The molecule has 1 N–H and O–H groups in total. The maximum atomic E-state index is 11.9. The van der Waals surface area contributed by atoms with Crippen molar-refractivity contribution in [1.82, 2.24) is 10.4 Å². The highest BCUT2D eigenvalue weighted by atomic mass is 32.2. The molecule has 4 nitrogen and oxygen atoms in total. The molecule has 0 amide bonds. The van der Waals surface area contributed by atoms with Crippen LogP contribution in [0.4, 0.5) is 0 Å². The van der Waals surface area contributed by atoms with E-state index in [1.807, 2.05) is 5.01 Å². The zero-order valence-electron chi connectivity index (χ0n) is 9.16. The van der Waals surface area contributed by atoms with Crippen LogP contribution in [0, 0.1) is 0 Å².